The third-order valence-corrected chi connectivity index (χ3v) is 7.23. The van der Waals surface area contributed by atoms with Gasteiger partial charge in [-0.05, 0) is 41.0 Å². The summed E-state index contributed by atoms with van der Waals surface area (Å²) in [4.78, 5) is 20.0. The number of aromatic nitrogens is 2. The van der Waals surface area contributed by atoms with Crippen LogP contribution in [0.2, 0.25) is 5.02 Å². The Hall–Kier alpha value is -2.93. The molecule has 0 radical (unpaired) electrons. The van der Waals surface area contributed by atoms with Crippen molar-refractivity contribution in [1.82, 2.24) is 9.55 Å². The Balaban J connectivity index is 1.22. The zero-order chi connectivity index (χ0) is 23.1. The van der Waals surface area contributed by atoms with Gasteiger partial charge in [0.2, 0.25) is 0 Å². The van der Waals surface area contributed by atoms with E-state index in [-0.39, 0.29) is 11.3 Å². The van der Waals surface area contributed by atoms with Crippen LogP contribution in [0.5, 0.6) is 0 Å². The van der Waals surface area contributed by atoms with E-state index in [0.717, 1.165) is 66.0 Å². The van der Waals surface area contributed by atoms with Crippen LogP contribution in [0.4, 0.5) is 5.69 Å². The molecule has 0 amide bonds. The molecule has 1 aromatic carbocycles. The van der Waals surface area contributed by atoms with Crippen LogP contribution in [0.3, 0.4) is 0 Å². The number of anilines is 1. The summed E-state index contributed by atoms with van der Waals surface area (Å²) in [5, 5.41) is 0.672. The van der Waals surface area contributed by atoms with E-state index < -0.39 is 0 Å². The van der Waals surface area contributed by atoms with Gasteiger partial charge in [-0.2, -0.15) is 0 Å². The van der Waals surface area contributed by atoms with Crippen molar-refractivity contribution in [3.8, 4) is 0 Å². The van der Waals surface area contributed by atoms with Crippen molar-refractivity contribution in [2.75, 3.05) is 31.2 Å². The average molecular weight is 476 g/mol. The van der Waals surface area contributed by atoms with Crippen molar-refractivity contribution in [3.05, 3.63) is 98.7 Å². The summed E-state index contributed by atoms with van der Waals surface area (Å²) in [7, 11) is 0. The van der Waals surface area contributed by atoms with Crippen molar-refractivity contribution in [1.29, 1.82) is 0 Å². The predicted molar refractivity (Wildman–Crippen MR) is 132 cm³/mol. The van der Waals surface area contributed by atoms with Crippen LogP contribution in [0, 0.1) is 0 Å². The molecule has 3 aliphatic rings. The number of rotatable bonds is 4. The van der Waals surface area contributed by atoms with Gasteiger partial charge >= 0.3 is 0 Å². The molecule has 6 rings (SSSR count). The second kappa shape index (κ2) is 8.69. The molecular formula is C27H26ClN3O3. The highest BCUT2D eigenvalue weighted by atomic mass is 35.5. The van der Waals surface area contributed by atoms with Crippen LogP contribution in [0.25, 0.3) is 5.57 Å². The van der Waals surface area contributed by atoms with Gasteiger partial charge in [-0.15, -0.1) is 0 Å². The topological polar surface area (TPSA) is 56.6 Å². The fourth-order valence-corrected chi connectivity index (χ4v) is 5.38. The Kier molecular flexibility index (Phi) is 5.52. The Morgan fingerprint density at radius 3 is 2.65 bits per heavy atom. The van der Waals surface area contributed by atoms with Gasteiger partial charge in [0, 0.05) is 55.2 Å². The summed E-state index contributed by atoms with van der Waals surface area (Å²) < 4.78 is 13.4. The molecule has 174 valence electrons. The third kappa shape index (κ3) is 4.06. The Morgan fingerprint density at radius 1 is 1.06 bits per heavy atom. The highest BCUT2D eigenvalue weighted by Gasteiger charge is 2.40. The second-order valence-electron chi connectivity index (χ2n) is 9.12. The van der Waals surface area contributed by atoms with Gasteiger partial charge in [0.05, 0.1) is 37.3 Å². The van der Waals surface area contributed by atoms with Crippen LogP contribution in [0.15, 0.2) is 65.7 Å². The van der Waals surface area contributed by atoms with E-state index in [1.165, 1.54) is 0 Å². The molecule has 34 heavy (non-hydrogen) atoms. The van der Waals surface area contributed by atoms with Crippen molar-refractivity contribution in [2.24, 2.45) is 0 Å². The molecule has 1 spiro atoms. The van der Waals surface area contributed by atoms with E-state index in [4.69, 9.17) is 26.1 Å². The molecule has 2 fully saturated rings. The zero-order valence-electron chi connectivity index (χ0n) is 18.9. The lowest BCUT2D eigenvalue weighted by atomic mass is 10.00. The number of benzene rings is 1. The molecule has 3 aromatic rings. The molecule has 1 aliphatic carbocycles. The molecule has 7 heteroatoms. The molecule has 2 aromatic heterocycles. The van der Waals surface area contributed by atoms with E-state index >= 15 is 0 Å². The third-order valence-electron chi connectivity index (χ3n) is 7.00. The van der Waals surface area contributed by atoms with Crippen molar-refractivity contribution >= 4 is 22.9 Å². The van der Waals surface area contributed by atoms with Crippen LogP contribution >= 0.6 is 11.6 Å². The fraction of sp³-hybridized carbons (Fsp3) is 0.333. The Morgan fingerprint density at radius 2 is 1.88 bits per heavy atom. The fourth-order valence-electron chi connectivity index (χ4n) is 5.16. The van der Waals surface area contributed by atoms with Gasteiger partial charge in [-0.25, -0.2) is 0 Å². The first-order chi connectivity index (χ1) is 16.6. The summed E-state index contributed by atoms with van der Waals surface area (Å²) >= 11 is 6.09. The number of allylic oxidation sites excluding steroid dienone is 1. The number of hydrogen-bond donors (Lipinski definition) is 0. The highest BCUT2D eigenvalue weighted by molar-refractivity contribution is 6.30. The summed E-state index contributed by atoms with van der Waals surface area (Å²) in [6.45, 7) is 3.61. The summed E-state index contributed by atoms with van der Waals surface area (Å²) in [6.07, 6.45) is 8.49. The average Bonchev–Trinajstić information content (AvgIpc) is 3.48. The van der Waals surface area contributed by atoms with E-state index in [0.29, 0.717) is 24.8 Å². The second-order valence-corrected chi connectivity index (χ2v) is 9.55. The number of nitrogens with zero attached hydrogens (tertiary/aromatic N) is 3. The van der Waals surface area contributed by atoms with Crippen molar-refractivity contribution in [3.63, 3.8) is 0 Å². The number of fused-ring (bicyclic) bond motifs is 1. The number of hydrogen-bond acceptors (Lipinski definition) is 5. The number of pyridine rings is 2. The van der Waals surface area contributed by atoms with Gasteiger partial charge in [-0.1, -0.05) is 29.8 Å². The molecule has 2 saturated heterocycles. The van der Waals surface area contributed by atoms with Crippen LogP contribution < -0.4 is 10.5 Å². The quantitative estimate of drug-likeness (QED) is 0.564. The molecule has 6 nitrogen and oxygen atoms in total. The lowest BCUT2D eigenvalue weighted by Gasteiger charge is -2.38. The standard InChI is InChI=1S/C27H26ClN3O3/c28-21-3-1-2-19(14-21)18-31-9-6-20(15-26(31)32)23-4-5-25-24(23)16-22(17-29-25)30-10-7-27(8-11-30)33-12-13-34-27/h1-4,6,9,14-17H,5,7-8,10-13,18H2. The molecular weight excluding hydrogens is 450 g/mol. The molecule has 0 unspecified atom stereocenters. The summed E-state index contributed by atoms with van der Waals surface area (Å²) in [5.74, 6) is -0.388. The normalized spacial score (nSPS) is 18.9. The first-order valence-corrected chi connectivity index (χ1v) is 12.1. The van der Waals surface area contributed by atoms with Gasteiger partial charge in [0.15, 0.2) is 5.79 Å². The first-order valence-electron chi connectivity index (χ1n) is 11.8. The lowest BCUT2D eigenvalue weighted by molar-refractivity contribution is -0.169. The van der Waals surface area contributed by atoms with Crippen LogP contribution in [-0.2, 0) is 22.4 Å². The van der Waals surface area contributed by atoms with Crippen LogP contribution in [0.1, 0.15) is 35.2 Å². The van der Waals surface area contributed by atoms with E-state index in [9.17, 15) is 4.79 Å². The van der Waals surface area contributed by atoms with E-state index in [2.05, 4.69) is 17.0 Å². The first kappa shape index (κ1) is 21.6. The largest absolute Gasteiger partial charge is 0.370 e. The minimum absolute atomic E-state index is 0.0335. The zero-order valence-corrected chi connectivity index (χ0v) is 19.6. The number of halogens is 1. The predicted octanol–water partition coefficient (Wildman–Crippen LogP) is 4.28. The van der Waals surface area contributed by atoms with Crippen molar-refractivity contribution in [2.45, 2.75) is 31.6 Å². The Labute approximate surface area is 203 Å². The maximum Gasteiger partial charge on any atom is 0.251 e. The van der Waals surface area contributed by atoms with Crippen molar-refractivity contribution < 1.29 is 9.47 Å². The van der Waals surface area contributed by atoms with E-state index in [1.54, 1.807) is 10.6 Å². The SMILES string of the molecule is O=c1cc(C2=CCc3ncc(N4CCC5(CC4)OCCO5)cc32)ccn1Cc1cccc(Cl)c1. The number of ether oxygens (including phenoxy) is 2. The smallest absolute Gasteiger partial charge is 0.251 e. The molecule has 0 saturated carbocycles. The van der Waals surface area contributed by atoms with Gasteiger partial charge in [-0.3, -0.25) is 9.78 Å². The lowest BCUT2D eigenvalue weighted by Crippen LogP contribution is -2.45. The minimum atomic E-state index is -0.388. The van der Waals surface area contributed by atoms with Gasteiger partial charge < -0.3 is 18.9 Å². The highest BCUT2D eigenvalue weighted by Crippen LogP contribution is 2.36. The Bertz CT molecular complexity index is 1320. The maximum absolute atomic E-state index is 12.9. The molecule has 0 atom stereocenters. The monoisotopic (exact) mass is 475 g/mol. The summed E-state index contributed by atoms with van der Waals surface area (Å²) in [5.41, 5.74) is 6.24. The van der Waals surface area contributed by atoms with Gasteiger partial charge in [0.25, 0.3) is 5.56 Å². The number of piperidine rings is 1. The molecule has 2 aliphatic heterocycles. The molecule has 0 N–H and O–H groups in total. The van der Waals surface area contributed by atoms with Crippen LogP contribution in [-0.4, -0.2) is 41.6 Å². The van der Waals surface area contributed by atoms with E-state index in [1.807, 2.05) is 42.7 Å². The van der Waals surface area contributed by atoms with Gasteiger partial charge in [0.1, 0.15) is 0 Å². The summed E-state index contributed by atoms with van der Waals surface area (Å²) in [6, 6.07) is 13.5. The molecule has 0 bridgehead atoms. The molecule has 4 heterocycles. The minimum Gasteiger partial charge on any atom is -0.370 e. The maximum atomic E-state index is 12.9.